The quantitative estimate of drug-likeness (QED) is 0.397. The number of nitrogens with one attached hydrogen (secondary N) is 1. The SMILES string of the molecule is COc1sc(Br)nc1Cc1nc2c(s1)c1cnn(CC(=N)/C=C\N)c(=O)c1n2C. The molecule has 3 N–H and O–H groups in total. The first-order valence-corrected chi connectivity index (χ1v) is 10.8. The van der Waals surface area contributed by atoms with Crippen LogP contribution in [0.3, 0.4) is 0 Å². The summed E-state index contributed by atoms with van der Waals surface area (Å²) in [7, 11) is 3.43. The van der Waals surface area contributed by atoms with Crippen LogP contribution >= 0.6 is 38.6 Å². The van der Waals surface area contributed by atoms with E-state index in [0.29, 0.717) is 11.9 Å². The van der Waals surface area contributed by atoms with E-state index < -0.39 is 0 Å². The Labute approximate surface area is 181 Å². The van der Waals surface area contributed by atoms with Gasteiger partial charge < -0.3 is 20.4 Å². The zero-order valence-electron chi connectivity index (χ0n) is 15.5. The highest BCUT2D eigenvalue weighted by atomic mass is 79.9. The van der Waals surface area contributed by atoms with Crippen molar-refractivity contribution >= 4 is 65.6 Å². The Balaban J connectivity index is 1.76. The molecule has 0 amide bonds. The molecule has 4 aromatic rings. The number of nitrogens with two attached hydrogens (primary N) is 1. The molecule has 0 atom stereocenters. The van der Waals surface area contributed by atoms with E-state index in [-0.39, 0.29) is 17.8 Å². The largest absolute Gasteiger partial charge is 0.486 e. The summed E-state index contributed by atoms with van der Waals surface area (Å²) in [5.74, 6) is 0. The minimum absolute atomic E-state index is 0.0540. The molecule has 0 spiro atoms. The standard InChI is InChI=1S/C17H16BrN7O2S2/c1-24-12-9(6-21-25(15(12)26)7-8(20)3-4-19)13-14(24)23-11(28-13)5-10-16(27-2)29-17(18)22-10/h3-4,6,20H,5,7,19H2,1-2H3/b4-3-,20-8?. The van der Waals surface area contributed by atoms with Gasteiger partial charge in [-0.1, -0.05) is 11.3 Å². The first kappa shape index (κ1) is 19.7. The molecule has 150 valence electrons. The molecule has 4 rings (SSSR count). The lowest BCUT2D eigenvalue weighted by Gasteiger charge is -2.04. The van der Waals surface area contributed by atoms with Crippen molar-refractivity contribution in [1.82, 2.24) is 24.3 Å². The maximum absolute atomic E-state index is 12.9. The van der Waals surface area contributed by atoms with Crippen LogP contribution in [0.25, 0.3) is 21.3 Å². The predicted octanol–water partition coefficient (Wildman–Crippen LogP) is 2.66. The van der Waals surface area contributed by atoms with E-state index in [1.54, 1.807) is 17.9 Å². The van der Waals surface area contributed by atoms with Crippen LogP contribution in [-0.4, -0.2) is 37.1 Å². The van der Waals surface area contributed by atoms with Gasteiger partial charge in [-0.05, 0) is 28.2 Å². The van der Waals surface area contributed by atoms with Gasteiger partial charge in [-0.2, -0.15) is 5.10 Å². The van der Waals surface area contributed by atoms with Gasteiger partial charge in [0, 0.05) is 18.9 Å². The lowest BCUT2D eigenvalue weighted by Crippen LogP contribution is -2.26. The Kier molecular flexibility index (Phi) is 5.23. The molecule has 4 heterocycles. The van der Waals surface area contributed by atoms with Crippen LogP contribution in [0.1, 0.15) is 10.7 Å². The van der Waals surface area contributed by atoms with Crippen molar-refractivity contribution in [3.8, 4) is 5.06 Å². The van der Waals surface area contributed by atoms with Gasteiger partial charge in [0.15, 0.2) is 14.6 Å². The summed E-state index contributed by atoms with van der Waals surface area (Å²) in [6, 6.07) is 0. The second-order valence-corrected chi connectivity index (χ2v) is 9.48. The molecule has 0 radical (unpaired) electrons. The van der Waals surface area contributed by atoms with E-state index >= 15 is 0 Å². The normalized spacial score (nSPS) is 11.8. The highest BCUT2D eigenvalue weighted by molar-refractivity contribution is 9.11. The third kappa shape index (κ3) is 3.47. The Morgan fingerprint density at radius 1 is 1.41 bits per heavy atom. The molecular weight excluding hydrogens is 478 g/mol. The van der Waals surface area contributed by atoms with Crippen LogP contribution in [0.2, 0.25) is 0 Å². The molecular formula is C17H16BrN7O2S2. The third-order valence-corrected chi connectivity index (χ3v) is 6.91. The van der Waals surface area contributed by atoms with Gasteiger partial charge in [0.25, 0.3) is 5.56 Å². The zero-order chi connectivity index (χ0) is 20.7. The fraction of sp³-hybridized carbons (Fsp3) is 0.235. The molecule has 0 unspecified atom stereocenters. The second kappa shape index (κ2) is 7.69. The van der Waals surface area contributed by atoms with Crippen molar-refractivity contribution in [2.24, 2.45) is 12.8 Å². The molecule has 0 saturated carbocycles. The number of aromatic nitrogens is 5. The summed E-state index contributed by atoms with van der Waals surface area (Å²) in [6.45, 7) is 0.0540. The lowest BCUT2D eigenvalue weighted by molar-refractivity contribution is 0.421. The van der Waals surface area contributed by atoms with Crippen LogP contribution in [0.15, 0.2) is 27.2 Å². The van der Waals surface area contributed by atoms with Gasteiger partial charge in [-0.25, -0.2) is 14.6 Å². The Morgan fingerprint density at radius 2 is 2.21 bits per heavy atom. The Morgan fingerprint density at radius 3 is 2.93 bits per heavy atom. The van der Waals surface area contributed by atoms with Gasteiger partial charge in [0.1, 0.15) is 16.2 Å². The van der Waals surface area contributed by atoms with E-state index in [1.165, 1.54) is 39.6 Å². The highest BCUT2D eigenvalue weighted by Crippen LogP contribution is 2.35. The number of fused-ring (bicyclic) bond motifs is 3. The molecule has 0 aromatic carbocycles. The number of methoxy groups -OCH3 is 1. The Bertz CT molecular complexity index is 1330. The maximum atomic E-state index is 12.9. The summed E-state index contributed by atoms with van der Waals surface area (Å²) in [6.07, 6.45) is 4.90. The number of allylic oxidation sites excluding steroid dienone is 1. The van der Waals surface area contributed by atoms with E-state index in [2.05, 4.69) is 26.0 Å². The molecule has 29 heavy (non-hydrogen) atoms. The summed E-state index contributed by atoms with van der Waals surface area (Å²) < 4.78 is 10.1. The van der Waals surface area contributed by atoms with Gasteiger partial charge in [-0.3, -0.25) is 4.79 Å². The van der Waals surface area contributed by atoms with Crippen molar-refractivity contribution in [3.63, 3.8) is 0 Å². The summed E-state index contributed by atoms with van der Waals surface area (Å²) in [5.41, 5.74) is 7.29. The number of halogens is 1. The average Bonchev–Trinajstić information content (AvgIpc) is 3.32. The van der Waals surface area contributed by atoms with Crippen LogP contribution in [0, 0.1) is 5.41 Å². The van der Waals surface area contributed by atoms with Crippen LogP contribution in [0.5, 0.6) is 5.06 Å². The fourth-order valence-electron chi connectivity index (χ4n) is 3.08. The minimum Gasteiger partial charge on any atom is -0.486 e. The summed E-state index contributed by atoms with van der Waals surface area (Å²) in [4.78, 5) is 22.1. The zero-order valence-corrected chi connectivity index (χ0v) is 18.7. The van der Waals surface area contributed by atoms with Crippen molar-refractivity contribution in [2.45, 2.75) is 13.0 Å². The van der Waals surface area contributed by atoms with Crippen LogP contribution in [-0.2, 0) is 20.0 Å². The van der Waals surface area contributed by atoms with Crippen LogP contribution < -0.4 is 16.0 Å². The predicted molar refractivity (Wildman–Crippen MR) is 118 cm³/mol. The second-order valence-electron chi connectivity index (χ2n) is 6.16. The van der Waals surface area contributed by atoms with Crippen molar-refractivity contribution in [3.05, 3.63) is 43.4 Å². The third-order valence-electron chi connectivity index (χ3n) is 4.33. The number of aryl methyl sites for hydroxylation is 1. The van der Waals surface area contributed by atoms with Crippen molar-refractivity contribution in [1.29, 1.82) is 5.41 Å². The number of hydrogen-bond acceptors (Lipinski definition) is 9. The molecule has 0 bridgehead atoms. The van der Waals surface area contributed by atoms with Gasteiger partial charge in [-0.15, -0.1) is 11.3 Å². The minimum atomic E-state index is -0.267. The first-order chi connectivity index (χ1) is 13.9. The summed E-state index contributed by atoms with van der Waals surface area (Å²) >= 11 is 6.33. The number of ether oxygens (including phenoxy) is 1. The molecule has 9 nitrogen and oxygen atoms in total. The number of nitrogens with zero attached hydrogens (tertiary/aromatic N) is 5. The van der Waals surface area contributed by atoms with E-state index in [1.807, 2.05) is 7.05 Å². The smallest absolute Gasteiger partial charge is 0.291 e. The fourth-order valence-corrected chi connectivity index (χ4v) is 5.47. The summed E-state index contributed by atoms with van der Waals surface area (Å²) in [5, 5.41) is 14.4. The molecule has 0 aliphatic carbocycles. The monoisotopic (exact) mass is 493 g/mol. The number of rotatable bonds is 6. The highest BCUT2D eigenvalue weighted by Gasteiger charge is 2.20. The topological polar surface area (TPSA) is 125 Å². The lowest BCUT2D eigenvalue weighted by atomic mass is 10.3. The van der Waals surface area contributed by atoms with E-state index in [4.69, 9.17) is 20.9 Å². The van der Waals surface area contributed by atoms with Crippen molar-refractivity contribution < 1.29 is 4.74 Å². The van der Waals surface area contributed by atoms with E-state index in [9.17, 15) is 4.79 Å². The molecule has 12 heteroatoms. The maximum Gasteiger partial charge on any atom is 0.291 e. The molecule has 4 aromatic heterocycles. The molecule has 0 aliphatic rings. The van der Waals surface area contributed by atoms with Gasteiger partial charge >= 0.3 is 0 Å². The Hall–Kier alpha value is -2.57. The average molecular weight is 494 g/mol. The van der Waals surface area contributed by atoms with E-state index in [0.717, 1.165) is 35.4 Å². The van der Waals surface area contributed by atoms with Crippen LogP contribution in [0.4, 0.5) is 0 Å². The first-order valence-electron chi connectivity index (χ1n) is 8.41. The van der Waals surface area contributed by atoms with Gasteiger partial charge in [0.2, 0.25) is 0 Å². The molecule has 0 saturated heterocycles. The number of hydrogen-bond donors (Lipinski definition) is 2. The van der Waals surface area contributed by atoms with Gasteiger partial charge in [0.05, 0.1) is 30.3 Å². The number of thiazole rings is 2. The van der Waals surface area contributed by atoms with Crippen molar-refractivity contribution in [2.75, 3.05) is 7.11 Å². The molecule has 0 aliphatic heterocycles. The molecule has 0 fully saturated rings.